The maximum Gasteiger partial charge on any atom is 0.270 e. The quantitative estimate of drug-likeness (QED) is 0.679. The molecule has 4 rings (SSSR count). The van der Waals surface area contributed by atoms with Crippen molar-refractivity contribution in [2.45, 2.75) is 18.9 Å². The van der Waals surface area contributed by atoms with Crippen molar-refractivity contribution in [2.24, 2.45) is 13.0 Å². The summed E-state index contributed by atoms with van der Waals surface area (Å²) in [5, 5.41) is 7.77. The van der Waals surface area contributed by atoms with E-state index in [1.807, 2.05) is 48.7 Å². The number of ether oxygens (including phenoxy) is 2. The lowest BCUT2D eigenvalue weighted by Crippen LogP contribution is -2.36. The molecule has 3 heterocycles. The Bertz CT molecular complexity index is 997. The van der Waals surface area contributed by atoms with Crippen LogP contribution >= 0.6 is 0 Å². The maximum atomic E-state index is 13.2. The van der Waals surface area contributed by atoms with Crippen molar-refractivity contribution < 1.29 is 14.3 Å². The molecule has 0 aliphatic carbocycles. The second-order valence-electron chi connectivity index (χ2n) is 7.46. The van der Waals surface area contributed by atoms with Gasteiger partial charge < -0.3 is 14.8 Å². The van der Waals surface area contributed by atoms with Gasteiger partial charge in [-0.05, 0) is 48.6 Å². The highest BCUT2D eigenvalue weighted by Crippen LogP contribution is 2.30. The van der Waals surface area contributed by atoms with Crippen LogP contribution in [0.2, 0.25) is 0 Å². The highest BCUT2D eigenvalue weighted by atomic mass is 16.5. The Morgan fingerprint density at radius 3 is 2.80 bits per heavy atom. The summed E-state index contributed by atoms with van der Waals surface area (Å²) in [7, 11) is 3.41. The third-order valence-corrected chi connectivity index (χ3v) is 5.55. The van der Waals surface area contributed by atoms with Crippen molar-refractivity contribution in [1.29, 1.82) is 0 Å². The van der Waals surface area contributed by atoms with Crippen LogP contribution in [0.1, 0.15) is 34.9 Å². The third kappa shape index (κ3) is 4.36. The second kappa shape index (κ2) is 9.09. The molecule has 156 valence electrons. The number of aromatic nitrogens is 3. The van der Waals surface area contributed by atoms with Crippen LogP contribution < -0.4 is 10.1 Å². The largest absolute Gasteiger partial charge is 0.497 e. The lowest BCUT2D eigenvalue weighted by molar-refractivity contribution is 0.0512. The van der Waals surface area contributed by atoms with Crippen LogP contribution in [0, 0.1) is 5.92 Å². The Labute approximate surface area is 176 Å². The molecule has 0 unspecified atom stereocenters. The van der Waals surface area contributed by atoms with Crippen LogP contribution in [0.4, 0.5) is 0 Å². The summed E-state index contributed by atoms with van der Waals surface area (Å²) in [4.78, 5) is 17.5. The van der Waals surface area contributed by atoms with Gasteiger partial charge in [0, 0.05) is 38.2 Å². The summed E-state index contributed by atoms with van der Waals surface area (Å²) in [6.07, 6.45) is 5.37. The number of carbonyl (C=O) groups excluding carboxylic acids is 1. The van der Waals surface area contributed by atoms with Crippen molar-refractivity contribution in [1.82, 2.24) is 20.1 Å². The summed E-state index contributed by atoms with van der Waals surface area (Å²) in [5.74, 6) is 0.901. The van der Waals surface area contributed by atoms with Gasteiger partial charge in [0.2, 0.25) is 0 Å². The van der Waals surface area contributed by atoms with Gasteiger partial charge in [-0.2, -0.15) is 5.10 Å². The van der Waals surface area contributed by atoms with Gasteiger partial charge >= 0.3 is 0 Å². The summed E-state index contributed by atoms with van der Waals surface area (Å²) in [6.45, 7) is 1.42. The zero-order valence-electron chi connectivity index (χ0n) is 17.2. The first-order valence-corrected chi connectivity index (χ1v) is 10.1. The van der Waals surface area contributed by atoms with E-state index in [4.69, 9.17) is 9.47 Å². The van der Waals surface area contributed by atoms with Gasteiger partial charge in [0.1, 0.15) is 11.4 Å². The van der Waals surface area contributed by atoms with E-state index in [9.17, 15) is 4.79 Å². The van der Waals surface area contributed by atoms with Gasteiger partial charge in [0.05, 0.1) is 18.8 Å². The normalized spacial score (nSPS) is 15.5. The van der Waals surface area contributed by atoms with Gasteiger partial charge in [0.25, 0.3) is 5.91 Å². The Hall–Kier alpha value is -3.19. The summed E-state index contributed by atoms with van der Waals surface area (Å²) in [5.41, 5.74) is 3.14. The van der Waals surface area contributed by atoms with E-state index in [1.165, 1.54) is 0 Å². The molecule has 0 saturated carbocycles. The fraction of sp³-hybridized carbons (Fsp3) is 0.348. The zero-order valence-corrected chi connectivity index (χ0v) is 17.2. The van der Waals surface area contributed by atoms with E-state index in [-0.39, 0.29) is 11.9 Å². The molecule has 1 atom stereocenters. The van der Waals surface area contributed by atoms with Crippen molar-refractivity contribution >= 4 is 5.91 Å². The van der Waals surface area contributed by atoms with Gasteiger partial charge in [-0.1, -0.05) is 18.2 Å². The molecule has 1 fully saturated rings. The highest BCUT2D eigenvalue weighted by molar-refractivity contribution is 5.94. The minimum absolute atomic E-state index is 0.120. The molecule has 1 aromatic carbocycles. The number of aryl methyl sites for hydroxylation is 1. The SMILES string of the molecule is COc1cccc(-c2cc(C(=O)N[C@@H](c3cccnc3)C3CCOCC3)n(C)n2)c1. The van der Waals surface area contributed by atoms with Crippen molar-refractivity contribution in [3.8, 4) is 17.0 Å². The van der Waals surface area contributed by atoms with Crippen LogP contribution in [0.5, 0.6) is 5.75 Å². The Balaban J connectivity index is 1.59. The van der Waals surface area contributed by atoms with E-state index in [0.717, 1.165) is 35.4 Å². The van der Waals surface area contributed by atoms with Gasteiger partial charge in [-0.25, -0.2) is 0 Å². The Morgan fingerprint density at radius 1 is 1.23 bits per heavy atom. The molecule has 7 nitrogen and oxygen atoms in total. The molecule has 1 saturated heterocycles. The molecule has 0 spiro atoms. The molecule has 1 aliphatic heterocycles. The standard InChI is InChI=1S/C23H26N4O3/c1-27-21(14-20(26-27)17-5-3-7-19(13-17)29-2)23(28)25-22(16-8-11-30-12-9-16)18-6-4-10-24-15-18/h3-7,10,13-16,22H,8-9,11-12H2,1-2H3,(H,25,28)/t22-/m1/s1. The molecule has 3 aromatic rings. The summed E-state index contributed by atoms with van der Waals surface area (Å²) in [6, 6.07) is 13.3. The molecule has 30 heavy (non-hydrogen) atoms. The third-order valence-electron chi connectivity index (χ3n) is 5.55. The number of benzene rings is 1. The predicted octanol–water partition coefficient (Wildman–Crippen LogP) is 3.39. The number of methoxy groups -OCH3 is 1. The fourth-order valence-corrected chi connectivity index (χ4v) is 3.90. The van der Waals surface area contributed by atoms with Crippen LogP contribution in [0.25, 0.3) is 11.3 Å². The molecule has 1 aliphatic rings. The molecule has 2 aromatic heterocycles. The highest BCUT2D eigenvalue weighted by Gasteiger charge is 2.28. The van der Waals surface area contributed by atoms with Gasteiger partial charge in [-0.3, -0.25) is 14.5 Å². The first kappa shape index (κ1) is 20.1. The number of hydrogen-bond donors (Lipinski definition) is 1. The fourth-order valence-electron chi connectivity index (χ4n) is 3.90. The van der Waals surface area contributed by atoms with Crippen molar-refractivity contribution in [3.05, 3.63) is 66.1 Å². The van der Waals surface area contributed by atoms with Gasteiger partial charge in [0.15, 0.2) is 0 Å². The van der Waals surface area contributed by atoms with Crippen molar-refractivity contribution in [2.75, 3.05) is 20.3 Å². The summed E-state index contributed by atoms with van der Waals surface area (Å²) < 4.78 is 12.4. The van der Waals surface area contributed by atoms with E-state index in [1.54, 1.807) is 25.0 Å². The zero-order chi connectivity index (χ0) is 20.9. The number of carbonyl (C=O) groups is 1. The average Bonchev–Trinajstić information content (AvgIpc) is 3.20. The number of amides is 1. The Kier molecular flexibility index (Phi) is 6.09. The van der Waals surface area contributed by atoms with E-state index in [0.29, 0.717) is 24.8 Å². The summed E-state index contributed by atoms with van der Waals surface area (Å²) >= 11 is 0. The number of rotatable bonds is 6. The maximum absolute atomic E-state index is 13.2. The van der Waals surface area contributed by atoms with Gasteiger partial charge in [-0.15, -0.1) is 0 Å². The lowest BCUT2D eigenvalue weighted by atomic mass is 9.87. The minimum atomic E-state index is -0.153. The second-order valence-corrected chi connectivity index (χ2v) is 7.46. The van der Waals surface area contributed by atoms with E-state index >= 15 is 0 Å². The van der Waals surface area contributed by atoms with Crippen LogP contribution in [0.3, 0.4) is 0 Å². The molecule has 1 amide bonds. The minimum Gasteiger partial charge on any atom is -0.497 e. The molecular formula is C23H26N4O3. The molecule has 1 N–H and O–H groups in total. The van der Waals surface area contributed by atoms with E-state index < -0.39 is 0 Å². The smallest absolute Gasteiger partial charge is 0.270 e. The molecule has 7 heteroatoms. The number of pyridine rings is 1. The van der Waals surface area contributed by atoms with Crippen LogP contribution in [-0.4, -0.2) is 41.0 Å². The molecule has 0 radical (unpaired) electrons. The topological polar surface area (TPSA) is 78.3 Å². The first-order chi connectivity index (χ1) is 14.7. The lowest BCUT2D eigenvalue weighted by Gasteiger charge is -2.31. The van der Waals surface area contributed by atoms with Crippen LogP contribution in [-0.2, 0) is 11.8 Å². The average molecular weight is 406 g/mol. The molecular weight excluding hydrogens is 380 g/mol. The number of nitrogens with one attached hydrogen (secondary N) is 1. The van der Waals surface area contributed by atoms with E-state index in [2.05, 4.69) is 15.4 Å². The first-order valence-electron chi connectivity index (χ1n) is 10.1. The number of hydrogen-bond acceptors (Lipinski definition) is 5. The van der Waals surface area contributed by atoms with Crippen molar-refractivity contribution in [3.63, 3.8) is 0 Å². The Morgan fingerprint density at radius 2 is 2.07 bits per heavy atom. The monoisotopic (exact) mass is 406 g/mol. The number of nitrogens with zero attached hydrogens (tertiary/aromatic N) is 3. The van der Waals surface area contributed by atoms with Crippen LogP contribution in [0.15, 0.2) is 54.9 Å². The predicted molar refractivity (Wildman–Crippen MR) is 113 cm³/mol. The molecule has 0 bridgehead atoms.